The lowest BCUT2D eigenvalue weighted by Crippen LogP contribution is -2.48. The fraction of sp³-hybridized carbons (Fsp3) is 0.333. The van der Waals surface area contributed by atoms with Gasteiger partial charge >= 0.3 is 6.03 Å². The van der Waals surface area contributed by atoms with E-state index >= 15 is 0 Å². The zero-order valence-electron chi connectivity index (χ0n) is 17.3. The molecule has 2 aromatic rings. The first-order valence-corrected chi connectivity index (χ1v) is 11.6. The monoisotopic (exact) mass is 465 g/mol. The Morgan fingerprint density at radius 1 is 1.13 bits per heavy atom. The number of halogens is 1. The second-order valence-corrected chi connectivity index (χ2v) is 9.49. The van der Waals surface area contributed by atoms with Gasteiger partial charge in [0.05, 0.1) is 17.7 Å². The molecule has 0 aliphatic carbocycles. The Morgan fingerprint density at radius 2 is 1.77 bits per heavy atom. The van der Waals surface area contributed by atoms with E-state index in [2.05, 4.69) is 5.32 Å². The summed E-state index contributed by atoms with van der Waals surface area (Å²) in [5, 5.41) is 2.95. The van der Waals surface area contributed by atoms with Crippen molar-refractivity contribution < 1.29 is 22.7 Å². The third kappa shape index (κ3) is 5.29. The second-order valence-electron chi connectivity index (χ2n) is 7.19. The number of amides is 3. The van der Waals surface area contributed by atoms with Crippen LogP contribution in [0.4, 0.5) is 10.5 Å². The highest BCUT2D eigenvalue weighted by atomic mass is 35.5. The van der Waals surface area contributed by atoms with Crippen molar-refractivity contribution in [2.45, 2.75) is 24.7 Å². The first-order valence-electron chi connectivity index (χ1n) is 9.74. The van der Waals surface area contributed by atoms with Gasteiger partial charge in [0, 0.05) is 18.1 Å². The van der Waals surface area contributed by atoms with Crippen molar-refractivity contribution in [3.63, 3.8) is 0 Å². The Bertz CT molecular complexity index is 1070. The maximum Gasteiger partial charge on any atom is 0.334 e. The van der Waals surface area contributed by atoms with Gasteiger partial charge in [-0.05, 0) is 50.1 Å². The first-order chi connectivity index (χ1) is 14.7. The number of carbonyl (C=O) groups excluding carboxylic acids is 2. The number of urea groups is 1. The molecule has 1 aliphatic heterocycles. The molecule has 0 atom stereocenters. The minimum absolute atomic E-state index is 0.0567. The van der Waals surface area contributed by atoms with Crippen LogP contribution in [-0.4, -0.2) is 56.3 Å². The lowest BCUT2D eigenvalue weighted by molar-refractivity contribution is -0.116. The fourth-order valence-corrected chi connectivity index (χ4v) is 4.77. The summed E-state index contributed by atoms with van der Waals surface area (Å²) in [5.74, 6) is -0.333. The molecule has 2 aromatic carbocycles. The van der Waals surface area contributed by atoms with Crippen LogP contribution in [0.1, 0.15) is 18.4 Å². The molecule has 1 aliphatic rings. The Kier molecular flexibility index (Phi) is 7.07. The average Bonchev–Trinajstić information content (AvgIpc) is 3.27. The number of nitrogens with one attached hydrogen (secondary N) is 1. The average molecular weight is 466 g/mol. The molecule has 1 N–H and O–H groups in total. The molecule has 1 saturated heterocycles. The number of ether oxygens (including phenoxy) is 1. The third-order valence-electron chi connectivity index (χ3n) is 4.92. The quantitative estimate of drug-likeness (QED) is 0.704. The molecule has 0 bridgehead atoms. The number of methoxy groups -OCH3 is 1. The number of hydrogen-bond donors (Lipinski definition) is 1. The van der Waals surface area contributed by atoms with Crippen LogP contribution in [0, 0.1) is 6.92 Å². The molecule has 0 unspecified atom stereocenters. The SMILES string of the molecule is COc1ccc(Cl)cc1NC(=O)CN(C(=O)N1CCCC1)S(=O)(=O)c1ccc(C)cc1. The van der Waals surface area contributed by atoms with Crippen LogP contribution in [0.15, 0.2) is 47.4 Å². The molecule has 10 heteroatoms. The molecule has 0 radical (unpaired) electrons. The van der Waals surface area contributed by atoms with Crippen LogP contribution in [0.2, 0.25) is 5.02 Å². The zero-order chi connectivity index (χ0) is 22.6. The lowest BCUT2D eigenvalue weighted by Gasteiger charge is -2.27. The van der Waals surface area contributed by atoms with E-state index in [1.165, 1.54) is 30.2 Å². The maximum atomic E-state index is 13.3. The van der Waals surface area contributed by atoms with E-state index in [4.69, 9.17) is 16.3 Å². The normalized spacial score (nSPS) is 13.7. The van der Waals surface area contributed by atoms with Crippen molar-refractivity contribution in [3.8, 4) is 5.75 Å². The molecular formula is C21H24ClN3O5S. The Hall–Kier alpha value is -2.78. The van der Waals surface area contributed by atoms with Gasteiger partial charge in [0.1, 0.15) is 12.3 Å². The molecule has 31 heavy (non-hydrogen) atoms. The summed E-state index contributed by atoms with van der Waals surface area (Å²) in [6, 6.07) is 10.1. The number of nitrogens with zero attached hydrogens (tertiary/aromatic N) is 2. The molecule has 8 nitrogen and oxygen atoms in total. The minimum Gasteiger partial charge on any atom is -0.495 e. The topological polar surface area (TPSA) is 96.0 Å². The highest BCUT2D eigenvalue weighted by Crippen LogP contribution is 2.28. The standard InChI is InChI=1S/C21H24ClN3O5S/c1-15-5-8-17(9-6-15)31(28,29)25(21(27)24-11-3-4-12-24)14-20(26)23-18-13-16(22)7-10-19(18)30-2/h5-10,13H,3-4,11-12,14H2,1-2H3,(H,23,26). The molecule has 0 spiro atoms. The van der Waals surface area contributed by atoms with Crippen molar-refractivity contribution in [3.05, 3.63) is 53.1 Å². The van der Waals surface area contributed by atoms with Crippen molar-refractivity contribution in [2.75, 3.05) is 32.1 Å². The predicted molar refractivity (Wildman–Crippen MR) is 118 cm³/mol. The number of hydrogen-bond acceptors (Lipinski definition) is 5. The van der Waals surface area contributed by atoms with Gasteiger partial charge in [-0.25, -0.2) is 17.5 Å². The van der Waals surface area contributed by atoms with Crippen molar-refractivity contribution >= 4 is 39.2 Å². The molecule has 0 aromatic heterocycles. The second kappa shape index (κ2) is 9.57. The van der Waals surface area contributed by atoms with Gasteiger partial charge in [0.25, 0.3) is 10.0 Å². The van der Waals surface area contributed by atoms with E-state index in [-0.39, 0.29) is 10.6 Å². The van der Waals surface area contributed by atoms with Crippen LogP contribution in [0.5, 0.6) is 5.75 Å². The molecule has 0 saturated carbocycles. The van der Waals surface area contributed by atoms with Crippen LogP contribution in [0.25, 0.3) is 0 Å². The summed E-state index contributed by atoms with van der Waals surface area (Å²) >= 11 is 5.99. The molecule has 166 valence electrons. The number of rotatable bonds is 6. The van der Waals surface area contributed by atoms with Crippen LogP contribution in [0.3, 0.4) is 0 Å². The van der Waals surface area contributed by atoms with Gasteiger partial charge in [-0.15, -0.1) is 0 Å². The molecule has 1 heterocycles. The maximum absolute atomic E-state index is 13.3. The number of benzene rings is 2. The number of aryl methyl sites for hydroxylation is 1. The van der Waals surface area contributed by atoms with Crippen molar-refractivity contribution in [1.82, 2.24) is 9.21 Å². The predicted octanol–water partition coefficient (Wildman–Crippen LogP) is 3.50. The highest BCUT2D eigenvalue weighted by Gasteiger charge is 2.35. The van der Waals surface area contributed by atoms with Gasteiger partial charge in [-0.2, -0.15) is 0 Å². The summed E-state index contributed by atoms with van der Waals surface area (Å²) < 4.78 is 32.3. The Labute approximate surface area is 186 Å². The van der Waals surface area contributed by atoms with Gasteiger partial charge in [0.2, 0.25) is 5.91 Å². The fourth-order valence-electron chi connectivity index (χ4n) is 3.26. The summed E-state index contributed by atoms with van der Waals surface area (Å²) in [7, 11) is -2.81. The van der Waals surface area contributed by atoms with Gasteiger partial charge in [0.15, 0.2) is 0 Å². The number of carbonyl (C=O) groups is 2. The lowest BCUT2D eigenvalue weighted by atomic mass is 10.2. The van der Waals surface area contributed by atoms with E-state index < -0.39 is 28.5 Å². The van der Waals surface area contributed by atoms with E-state index in [0.717, 1.165) is 18.4 Å². The van der Waals surface area contributed by atoms with Gasteiger partial charge < -0.3 is 15.0 Å². The Balaban J connectivity index is 1.89. The summed E-state index contributed by atoms with van der Waals surface area (Å²) in [4.78, 5) is 27.2. The molecule has 3 amide bonds. The third-order valence-corrected chi connectivity index (χ3v) is 6.89. The molecule has 3 rings (SSSR count). The van der Waals surface area contributed by atoms with E-state index in [0.29, 0.717) is 28.2 Å². The first kappa shape index (κ1) is 22.9. The van der Waals surface area contributed by atoms with E-state index in [9.17, 15) is 18.0 Å². The van der Waals surface area contributed by atoms with E-state index in [1.54, 1.807) is 24.3 Å². The van der Waals surface area contributed by atoms with Crippen molar-refractivity contribution in [2.24, 2.45) is 0 Å². The molecule has 1 fully saturated rings. The minimum atomic E-state index is -4.24. The summed E-state index contributed by atoms with van der Waals surface area (Å²) in [5.41, 5.74) is 1.16. The van der Waals surface area contributed by atoms with Gasteiger partial charge in [-0.1, -0.05) is 29.3 Å². The highest BCUT2D eigenvalue weighted by molar-refractivity contribution is 7.89. The van der Waals surface area contributed by atoms with E-state index in [1.807, 2.05) is 6.92 Å². The Morgan fingerprint density at radius 3 is 2.39 bits per heavy atom. The van der Waals surface area contributed by atoms with Gasteiger partial charge in [-0.3, -0.25) is 4.79 Å². The van der Waals surface area contributed by atoms with Crippen molar-refractivity contribution in [1.29, 1.82) is 0 Å². The van der Waals surface area contributed by atoms with Crippen LogP contribution in [-0.2, 0) is 14.8 Å². The summed E-state index contributed by atoms with van der Waals surface area (Å²) in [6.07, 6.45) is 1.58. The number of sulfonamides is 1. The summed E-state index contributed by atoms with van der Waals surface area (Å²) in [6.45, 7) is 2.04. The smallest absolute Gasteiger partial charge is 0.334 e. The number of anilines is 1. The van der Waals surface area contributed by atoms with Crippen LogP contribution >= 0.6 is 11.6 Å². The zero-order valence-corrected chi connectivity index (χ0v) is 18.9. The number of likely N-dealkylation sites (tertiary alicyclic amines) is 1. The molecular weight excluding hydrogens is 442 g/mol. The largest absolute Gasteiger partial charge is 0.495 e. The van der Waals surface area contributed by atoms with Crippen LogP contribution < -0.4 is 10.1 Å².